The van der Waals surface area contributed by atoms with Crippen LogP contribution in [-0.2, 0) is 9.53 Å². The standard InChI is InChI=1S/C18H23N3O4/c22-17-11-25-16-5-7-21(10-14(16)20-17)18(23)19-9-12-6-8-24-15-4-2-1-3-13(12)15/h1-4,12,14,16H,5-11H2,(H,19,23)(H,20,22)/t12?,14-,16-/m0/s1. The van der Waals surface area contributed by atoms with Crippen LogP contribution >= 0.6 is 0 Å². The van der Waals surface area contributed by atoms with Crippen molar-refractivity contribution in [2.45, 2.75) is 30.9 Å². The SMILES string of the molecule is O=C1CO[C@H]2CCN(C(=O)NCC3CCOc4ccccc43)C[C@@H]2N1. The number of hydrogen-bond donors (Lipinski definition) is 2. The maximum atomic E-state index is 12.5. The highest BCUT2D eigenvalue weighted by Crippen LogP contribution is 2.32. The van der Waals surface area contributed by atoms with Crippen molar-refractivity contribution >= 4 is 11.9 Å². The van der Waals surface area contributed by atoms with Crippen LogP contribution in [0.25, 0.3) is 0 Å². The number of nitrogens with one attached hydrogen (secondary N) is 2. The van der Waals surface area contributed by atoms with E-state index in [1.54, 1.807) is 4.90 Å². The lowest BCUT2D eigenvalue weighted by Crippen LogP contribution is -2.62. The number of amides is 3. The number of ether oxygens (including phenoxy) is 2. The van der Waals surface area contributed by atoms with Gasteiger partial charge in [0.05, 0.1) is 18.8 Å². The zero-order chi connectivity index (χ0) is 17.2. The second-order valence-corrected chi connectivity index (χ2v) is 6.82. The van der Waals surface area contributed by atoms with E-state index in [9.17, 15) is 9.59 Å². The molecular weight excluding hydrogens is 322 g/mol. The van der Waals surface area contributed by atoms with Crippen molar-refractivity contribution in [3.05, 3.63) is 29.8 Å². The molecule has 3 atom stereocenters. The van der Waals surface area contributed by atoms with E-state index in [2.05, 4.69) is 16.7 Å². The van der Waals surface area contributed by atoms with Crippen LogP contribution < -0.4 is 15.4 Å². The zero-order valence-corrected chi connectivity index (χ0v) is 14.1. The Kier molecular flexibility index (Phi) is 4.48. The summed E-state index contributed by atoms with van der Waals surface area (Å²) >= 11 is 0. The number of hydrogen-bond acceptors (Lipinski definition) is 4. The summed E-state index contributed by atoms with van der Waals surface area (Å²) in [5.74, 6) is 1.07. The van der Waals surface area contributed by atoms with Gasteiger partial charge in [0.25, 0.3) is 0 Å². The average Bonchev–Trinajstić information content (AvgIpc) is 2.65. The summed E-state index contributed by atoms with van der Waals surface area (Å²) in [5.41, 5.74) is 1.15. The summed E-state index contributed by atoms with van der Waals surface area (Å²) in [6.45, 7) is 2.53. The third-order valence-electron chi connectivity index (χ3n) is 5.19. The van der Waals surface area contributed by atoms with E-state index in [1.165, 1.54) is 0 Å². The first-order chi connectivity index (χ1) is 12.2. The first-order valence-electron chi connectivity index (χ1n) is 8.86. The molecule has 3 aliphatic rings. The molecule has 0 aromatic heterocycles. The van der Waals surface area contributed by atoms with Crippen molar-refractivity contribution in [1.82, 2.24) is 15.5 Å². The fourth-order valence-electron chi connectivity index (χ4n) is 3.83. The number of carbonyl (C=O) groups is 2. The summed E-state index contributed by atoms with van der Waals surface area (Å²) in [6, 6.07) is 7.81. The lowest BCUT2D eigenvalue weighted by Gasteiger charge is -2.41. The van der Waals surface area contributed by atoms with Crippen LogP contribution in [0.15, 0.2) is 24.3 Å². The Bertz CT molecular complexity index is 665. The Morgan fingerprint density at radius 3 is 3.12 bits per heavy atom. The molecule has 0 saturated carbocycles. The molecule has 3 amide bonds. The number of urea groups is 1. The average molecular weight is 345 g/mol. The van der Waals surface area contributed by atoms with Crippen LogP contribution in [-0.4, -0.2) is 61.8 Å². The molecule has 2 N–H and O–H groups in total. The highest BCUT2D eigenvalue weighted by molar-refractivity contribution is 5.79. The second kappa shape index (κ2) is 6.92. The van der Waals surface area contributed by atoms with E-state index in [4.69, 9.17) is 9.47 Å². The van der Waals surface area contributed by atoms with Crippen molar-refractivity contribution in [3.63, 3.8) is 0 Å². The number of nitrogens with zero attached hydrogens (tertiary/aromatic N) is 1. The number of morpholine rings is 1. The fraction of sp³-hybridized carbons (Fsp3) is 0.556. The molecule has 2 fully saturated rings. The topological polar surface area (TPSA) is 79.9 Å². The first kappa shape index (κ1) is 16.2. The van der Waals surface area contributed by atoms with E-state index in [0.29, 0.717) is 26.2 Å². The van der Waals surface area contributed by atoms with Crippen LogP contribution in [0.5, 0.6) is 5.75 Å². The number of carbonyl (C=O) groups excluding carboxylic acids is 2. The Hall–Kier alpha value is -2.28. The first-order valence-corrected chi connectivity index (χ1v) is 8.86. The zero-order valence-electron chi connectivity index (χ0n) is 14.1. The molecular formula is C18H23N3O4. The Balaban J connectivity index is 1.33. The molecule has 4 rings (SSSR count). The minimum absolute atomic E-state index is 0.0177. The van der Waals surface area contributed by atoms with Gasteiger partial charge in [0, 0.05) is 25.6 Å². The maximum Gasteiger partial charge on any atom is 0.317 e. The van der Waals surface area contributed by atoms with E-state index in [0.717, 1.165) is 24.2 Å². The van der Waals surface area contributed by atoms with Gasteiger partial charge >= 0.3 is 6.03 Å². The minimum Gasteiger partial charge on any atom is -0.493 e. The highest BCUT2D eigenvalue weighted by Gasteiger charge is 2.36. The quantitative estimate of drug-likeness (QED) is 0.833. The van der Waals surface area contributed by atoms with Crippen molar-refractivity contribution < 1.29 is 19.1 Å². The molecule has 0 radical (unpaired) electrons. The number of piperidine rings is 1. The normalized spacial score (nSPS) is 28.2. The molecule has 1 aromatic carbocycles. The molecule has 1 unspecified atom stereocenters. The van der Waals surface area contributed by atoms with E-state index >= 15 is 0 Å². The van der Waals surface area contributed by atoms with E-state index in [1.807, 2.05) is 18.2 Å². The van der Waals surface area contributed by atoms with Crippen LogP contribution in [0.1, 0.15) is 24.3 Å². The van der Waals surface area contributed by atoms with Gasteiger partial charge in [0.15, 0.2) is 0 Å². The lowest BCUT2D eigenvalue weighted by atomic mass is 9.93. The van der Waals surface area contributed by atoms with Crippen molar-refractivity contribution in [3.8, 4) is 5.75 Å². The molecule has 0 aliphatic carbocycles. The molecule has 1 aromatic rings. The molecule has 2 saturated heterocycles. The molecule has 0 bridgehead atoms. The smallest absolute Gasteiger partial charge is 0.317 e. The van der Waals surface area contributed by atoms with Gasteiger partial charge < -0.3 is 25.0 Å². The molecule has 7 heteroatoms. The number of benzene rings is 1. The number of para-hydroxylation sites is 1. The monoisotopic (exact) mass is 345 g/mol. The third kappa shape index (κ3) is 3.42. The molecule has 25 heavy (non-hydrogen) atoms. The predicted molar refractivity (Wildman–Crippen MR) is 90.6 cm³/mol. The van der Waals surface area contributed by atoms with Gasteiger partial charge in [0.1, 0.15) is 12.4 Å². The molecule has 3 aliphatic heterocycles. The minimum atomic E-state index is -0.109. The summed E-state index contributed by atoms with van der Waals surface area (Å²) in [6.07, 6.45) is 1.66. The summed E-state index contributed by atoms with van der Waals surface area (Å²) < 4.78 is 11.2. The number of fused-ring (bicyclic) bond motifs is 2. The number of likely N-dealkylation sites (tertiary alicyclic amines) is 1. The summed E-state index contributed by atoms with van der Waals surface area (Å²) in [7, 11) is 0. The van der Waals surface area contributed by atoms with E-state index in [-0.39, 0.29) is 36.6 Å². The predicted octanol–water partition coefficient (Wildman–Crippen LogP) is 0.852. The van der Waals surface area contributed by atoms with Gasteiger partial charge in [0.2, 0.25) is 5.91 Å². The second-order valence-electron chi connectivity index (χ2n) is 6.82. The van der Waals surface area contributed by atoms with Gasteiger partial charge in [-0.1, -0.05) is 18.2 Å². The van der Waals surface area contributed by atoms with E-state index < -0.39 is 0 Å². The summed E-state index contributed by atoms with van der Waals surface area (Å²) in [4.78, 5) is 25.8. The van der Waals surface area contributed by atoms with Crippen molar-refractivity contribution in [2.24, 2.45) is 0 Å². The van der Waals surface area contributed by atoms with Gasteiger partial charge in [-0.05, 0) is 24.5 Å². The Morgan fingerprint density at radius 2 is 2.20 bits per heavy atom. The van der Waals surface area contributed by atoms with Gasteiger partial charge in [-0.25, -0.2) is 4.79 Å². The highest BCUT2D eigenvalue weighted by atomic mass is 16.5. The lowest BCUT2D eigenvalue weighted by molar-refractivity contribution is -0.139. The summed E-state index contributed by atoms with van der Waals surface area (Å²) in [5, 5.41) is 5.97. The van der Waals surface area contributed by atoms with Gasteiger partial charge in [-0.2, -0.15) is 0 Å². The van der Waals surface area contributed by atoms with Crippen LogP contribution in [0, 0.1) is 0 Å². The van der Waals surface area contributed by atoms with Gasteiger partial charge in [-0.15, -0.1) is 0 Å². The van der Waals surface area contributed by atoms with Crippen molar-refractivity contribution in [1.29, 1.82) is 0 Å². The molecule has 134 valence electrons. The van der Waals surface area contributed by atoms with Gasteiger partial charge in [-0.3, -0.25) is 4.79 Å². The number of rotatable bonds is 2. The maximum absolute atomic E-state index is 12.5. The van der Waals surface area contributed by atoms with Crippen molar-refractivity contribution in [2.75, 3.05) is 32.8 Å². The Labute approximate surface area is 146 Å². The fourth-order valence-corrected chi connectivity index (χ4v) is 3.83. The van der Waals surface area contributed by atoms with Crippen LogP contribution in [0.3, 0.4) is 0 Å². The third-order valence-corrected chi connectivity index (χ3v) is 5.19. The Morgan fingerprint density at radius 1 is 1.32 bits per heavy atom. The van der Waals surface area contributed by atoms with Crippen LogP contribution in [0.4, 0.5) is 4.79 Å². The molecule has 7 nitrogen and oxygen atoms in total. The van der Waals surface area contributed by atoms with Crippen LogP contribution in [0.2, 0.25) is 0 Å². The molecule has 3 heterocycles. The molecule has 0 spiro atoms. The largest absolute Gasteiger partial charge is 0.493 e.